The van der Waals surface area contributed by atoms with Gasteiger partial charge in [0.25, 0.3) is 0 Å². The summed E-state index contributed by atoms with van der Waals surface area (Å²) in [5.74, 6) is -13.9. The lowest BCUT2D eigenvalue weighted by Gasteiger charge is -2.31. The Hall–Kier alpha value is -0.700. The molecule has 0 amide bonds. The second-order valence-electron chi connectivity index (χ2n) is 8.22. The summed E-state index contributed by atoms with van der Waals surface area (Å²) in [6.07, 6.45) is 4.09. The molecule has 4 nitrogen and oxygen atoms in total. The molecular weight excluding hydrogens is 527 g/mol. The molecular formula is C19H29F9O4S2. The van der Waals surface area contributed by atoms with Crippen LogP contribution in [0.25, 0.3) is 0 Å². The third-order valence-corrected chi connectivity index (χ3v) is 7.08. The molecule has 1 aliphatic rings. The second kappa shape index (κ2) is 12.0. The van der Waals surface area contributed by atoms with Crippen molar-refractivity contribution in [3.05, 3.63) is 0 Å². The number of carbonyl (C=O) groups excluding carboxylic acids is 1. The highest BCUT2D eigenvalue weighted by atomic mass is 32.2. The minimum absolute atomic E-state index is 0.318. The first-order valence-corrected chi connectivity index (χ1v) is 12.5. The number of ketones is 1. The molecule has 1 saturated carbocycles. The molecule has 0 aromatic rings. The summed E-state index contributed by atoms with van der Waals surface area (Å²) >= 11 is 4.81. The maximum Gasteiger partial charge on any atom is 0.460 e. The molecule has 0 saturated heterocycles. The predicted molar refractivity (Wildman–Crippen MR) is 110 cm³/mol. The Morgan fingerprint density at radius 3 is 1.53 bits per heavy atom. The van der Waals surface area contributed by atoms with Crippen LogP contribution in [0.4, 0.5) is 39.5 Å². The number of hydrogen-bond acceptors (Lipinski definition) is 4. The van der Waals surface area contributed by atoms with Gasteiger partial charge in [-0.3, -0.25) is 9.35 Å². The zero-order chi connectivity index (χ0) is 27.2. The van der Waals surface area contributed by atoms with Gasteiger partial charge in [-0.05, 0) is 25.7 Å². The van der Waals surface area contributed by atoms with Crippen LogP contribution < -0.4 is 0 Å². The SMILES string of the molecule is CCCCC(S)(CCCC)C(=O)C1CCCC1.O=S(=O)(O)C(F)(F)C(F)(F)C(F)(F)C(F)(F)F. The molecule has 0 heterocycles. The number of thiol groups is 1. The van der Waals surface area contributed by atoms with E-state index in [0.717, 1.165) is 51.4 Å². The van der Waals surface area contributed by atoms with Gasteiger partial charge < -0.3 is 0 Å². The van der Waals surface area contributed by atoms with Crippen molar-refractivity contribution in [3.63, 3.8) is 0 Å². The van der Waals surface area contributed by atoms with Crippen LogP contribution in [0, 0.1) is 5.92 Å². The number of alkyl halides is 9. The van der Waals surface area contributed by atoms with Crippen molar-refractivity contribution >= 4 is 28.5 Å². The molecule has 0 aliphatic heterocycles. The Labute approximate surface area is 198 Å². The van der Waals surface area contributed by atoms with Gasteiger partial charge in [0.05, 0.1) is 4.75 Å². The van der Waals surface area contributed by atoms with Gasteiger partial charge in [0.1, 0.15) is 0 Å². The van der Waals surface area contributed by atoms with Crippen LogP contribution in [-0.4, -0.2) is 46.8 Å². The standard InChI is InChI=1S/C15H28OS.C4HF9O3S/c1-3-5-11-15(17,12-6-4-2)14(16)13-9-7-8-10-13;5-1(6,3(9,10)11)2(7,8)4(12,13)17(14,15)16/h13,17H,3-12H2,1-2H3;(H,14,15,16). The van der Waals surface area contributed by atoms with Crippen molar-refractivity contribution in [2.75, 3.05) is 0 Å². The summed E-state index contributed by atoms with van der Waals surface area (Å²) in [6.45, 7) is 4.38. The van der Waals surface area contributed by atoms with Gasteiger partial charge >= 0.3 is 33.4 Å². The zero-order valence-corrected chi connectivity index (χ0v) is 20.3. The first kappa shape index (κ1) is 33.3. The Kier molecular flexibility index (Phi) is 11.8. The summed E-state index contributed by atoms with van der Waals surface area (Å²) in [4.78, 5) is 12.6. The van der Waals surface area contributed by atoms with Crippen molar-refractivity contribution in [2.45, 2.75) is 106 Å². The van der Waals surface area contributed by atoms with Gasteiger partial charge in [0.15, 0.2) is 5.78 Å². The lowest BCUT2D eigenvalue weighted by molar-refractivity contribution is -0.382. The third kappa shape index (κ3) is 7.40. The summed E-state index contributed by atoms with van der Waals surface area (Å²) < 4.78 is 134. The van der Waals surface area contributed by atoms with E-state index < -0.39 is 33.4 Å². The maximum atomic E-state index is 12.6. The Balaban J connectivity index is 0.000000641. The first-order valence-electron chi connectivity index (χ1n) is 10.6. The van der Waals surface area contributed by atoms with Crippen molar-refractivity contribution in [1.82, 2.24) is 0 Å². The van der Waals surface area contributed by atoms with Crippen molar-refractivity contribution in [1.29, 1.82) is 0 Å². The van der Waals surface area contributed by atoms with Crippen LogP contribution in [0.5, 0.6) is 0 Å². The lowest BCUT2D eigenvalue weighted by Crippen LogP contribution is -2.63. The number of halogens is 9. The van der Waals surface area contributed by atoms with Gasteiger partial charge in [-0.25, -0.2) is 0 Å². The van der Waals surface area contributed by atoms with E-state index in [4.69, 9.17) is 17.2 Å². The molecule has 34 heavy (non-hydrogen) atoms. The normalized spacial score (nSPS) is 16.9. The molecule has 0 radical (unpaired) electrons. The zero-order valence-electron chi connectivity index (χ0n) is 18.6. The van der Waals surface area contributed by atoms with E-state index in [0.29, 0.717) is 11.7 Å². The molecule has 1 N–H and O–H groups in total. The molecule has 1 fully saturated rings. The van der Waals surface area contributed by atoms with E-state index >= 15 is 0 Å². The van der Waals surface area contributed by atoms with Crippen LogP contribution in [0.15, 0.2) is 0 Å². The van der Waals surface area contributed by atoms with Gasteiger partial charge in [0.2, 0.25) is 0 Å². The van der Waals surface area contributed by atoms with Crippen LogP contribution in [0.1, 0.15) is 78.1 Å². The van der Waals surface area contributed by atoms with E-state index in [1.165, 1.54) is 12.8 Å². The first-order chi connectivity index (χ1) is 15.1. The fourth-order valence-electron chi connectivity index (χ4n) is 3.40. The summed E-state index contributed by atoms with van der Waals surface area (Å²) in [7, 11) is -7.17. The van der Waals surface area contributed by atoms with E-state index in [1.807, 2.05) is 0 Å². The number of hydrogen-bond donors (Lipinski definition) is 2. The maximum absolute atomic E-state index is 12.6. The highest BCUT2D eigenvalue weighted by molar-refractivity contribution is 7.87. The topological polar surface area (TPSA) is 71.4 Å². The van der Waals surface area contributed by atoms with E-state index in [2.05, 4.69) is 13.8 Å². The molecule has 204 valence electrons. The smallest absolute Gasteiger partial charge is 0.298 e. The van der Waals surface area contributed by atoms with E-state index in [1.54, 1.807) is 0 Å². The molecule has 1 aliphatic carbocycles. The number of Topliss-reactive ketones (excluding diaryl/α,β-unsaturated/α-hetero) is 1. The summed E-state index contributed by atoms with van der Waals surface area (Å²) in [5.41, 5.74) is 0. The van der Waals surface area contributed by atoms with Crippen molar-refractivity contribution in [3.8, 4) is 0 Å². The van der Waals surface area contributed by atoms with Gasteiger partial charge in [-0.2, -0.15) is 60.6 Å². The fourth-order valence-corrected chi connectivity index (χ4v) is 4.35. The molecule has 0 aromatic heterocycles. The van der Waals surface area contributed by atoms with Crippen LogP contribution in [0.2, 0.25) is 0 Å². The minimum atomic E-state index is -7.37. The third-order valence-electron chi connectivity index (χ3n) is 5.51. The lowest BCUT2D eigenvalue weighted by atomic mass is 9.84. The van der Waals surface area contributed by atoms with Crippen LogP contribution in [-0.2, 0) is 14.9 Å². The van der Waals surface area contributed by atoms with Crippen molar-refractivity contribution in [2.24, 2.45) is 5.92 Å². The summed E-state index contributed by atoms with van der Waals surface area (Å²) in [6, 6.07) is 0. The highest BCUT2D eigenvalue weighted by Gasteiger charge is 2.85. The van der Waals surface area contributed by atoms with E-state index in [9.17, 15) is 52.7 Å². The number of rotatable bonds is 11. The molecule has 0 spiro atoms. The van der Waals surface area contributed by atoms with Gasteiger partial charge in [0, 0.05) is 5.92 Å². The van der Waals surface area contributed by atoms with Gasteiger partial charge in [-0.15, -0.1) is 0 Å². The molecule has 0 unspecified atom stereocenters. The predicted octanol–water partition coefficient (Wildman–Crippen LogP) is 7.09. The molecule has 0 atom stereocenters. The average molecular weight is 557 g/mol. The van der Waals surface area contributed by atoms with Gasteiger partial charge in [-0.1, -0.05) is 52.4 Å². The van der Waals surface area contributed by atoms with Crippen LogP contribution in [0.3, 0.4) is 0 Å². The van der Waals surface area contributed by atoms with Crippen LogP contribution >= 0.6 is 12.6 Å². The highest BCUT2D eigenvalue weighted by Crippen LogP contribution is 2.54. The minimum Gasteiger partial charge on any atom is -0.298 e. The monoisotopic (exact) mass is 556 g/mol. The Bertz CT molecular complexity index is 754. The molecule has 0 bridgehead atoms. The number of unbranched alkanes of at least 4 members (excludes halogenated alkanes) is 2. The summed E-state index contributed by atoms with van der Waals surface area (Å²) in [5, 5.41) is -7.00. The molecule has 1 rings (SSSR count). The fraction of sp³-hybridized carbons (Fsp3) is 0.947. The Morgan fingerprint density at radius 2 is 1.24 bits per heavy atom. The number of carbonyl (C=O) groups is 1. The van der Waals surface area contributed by atoms with E-state index in [-0.39, 0.29) is 4.75 Å². The Morgan fingerprint density at radius 1 is 0.853 bits per heavy atom. The average Bonchev–Trinajstić information content (AvgIpc) is 3.23. The van der Waals surface area contributed by atoms with Crippen molar-refractivity contribution < 1.29 is 57.3 Å². The quantitative estimate of drug-likeness (QED) is 0.162. The second-order valence-corrected chi connectivity index (χ2v) is 10.5. The largest absolute Gasteiger partial charge is 0.460 e. The molecule has 15 heteroatoms. The molecule has 0 aromatic carbocycles.